The molecule has 84 valence electrons. The maximum Gasteiger partial charge on any atom is 0.396 e. The van der Waals surface area contributed by atoms with Crippen molar-refractivity contribution in [2.75, 3.05) is 6.61 Å². The Labute approximate surface area is 91.2 Å². The number of hydrogen-bond acceptors (Lipinski definition) is 6. The maximum atomic E-state index is 11.3. The lowest BCUT2D eigenvalue weighted by molar-refractivity contribution is 0.0481. The first kappa shape index (κ1) is 10.4. The Hall–Kier alpha value is -2.11. The van der Waals surface area contributed by atoms with Gasteiger partial charge >= 0.3 is 11.9 Å². The Morgan fingerprint density at radius 2 is 2.31 bits per heavy atom. The third-order valence-electron chi connectivity index (χ3n) is 1.85. The number of ether oxygens (including phenoxy) is 1. The largest absolute Gasteiger partial charge is 0.469 e. The molecule has 0 spiro atoms. The molecule has 2 rings (SSSR count). The van der Waals surface area contributed by atoms with E-state index in [0.29, 0.717) is 5.56 Å². The van der Waals surface area contributed by atoms with Crippen LogP contribution in [-0.4, -0.2) is 22.8 Å². The van der Waals surface area contributed by atoms with E-state index in [0.717, 1.165) is 5.76 Å². The second kappa shape index (κ2) is 4.18. The van der Waals surface area contributed by atoms with Crippen molar-refractivity contribution in [1.82, 2.24) is 10.2 Å². The molecule has 0 fully saturated rings. The van der Waals surface area contributed by atoms with Gasteiger partial charge in [0.1, 0.15) is 12.0 Å². The molecule has 2 heterocycles. The van der Waals surface area contributed by atoms with Gasteiger partial charge in [0.2, 0.25) is 0 Å². The van der Waals surface area contributed by atoms with Crippen LogP contribution in [0.25, 0.3) is 11.5 Å². The van der Waals surface area contributed by atoms with Gasteiger partial charge in [0.15, 0.2) is 0 Å². The Bertz CT molecular complexity index is 500. The molecule has 0 atom stereocenters. The van der Waals surface area contributed by atoms with Crippen molar-refractivity contribution in [2.45, 2.75) is 13.8 Å². The van der Waals surface area contributed by atoms with Gasteiger partial charge in [0.05, 0.1) is 12.2 Å². The second-order valence-corrected chi connectivity index (χ2v) is 3.08. The van der Waals surface area contributed by atoms with Gasteiger partial charge in [-0.3, -0.25) is 0 Å². The molecule has 0 aliphatic rings. The SMILES string of the molecule is CCOC(=O)c1nnc(-c2coc(C)c2)o1. The molecule has 2 aromatic rings. The van der Waals surface area contributed by atoms with Gasteiger partial charge in [0, 0.05) is 0 Å². The zero-order chi connectivity index (χ0) is 11.5. The van der Waals surface area contributed by atoms with E-state index in [1.54, 1.807) is 19.9 Å². The fourth-order valence-electron chi connectivity index (χ4n) is 1.17. The Kier molecular flexibility index (Phi) is 2.72. The molecule has 6 nitrogen and oxygen atoms in total. The third-order valence-corrected chi connectivity index (χ3v) is 1.85. The lowest BCUT2D eigenvalue weighted by Crippen LogP contribution is -2.04. The van der Waals surface area contributed by atoms with E-state index in [4.69, 9.17) is 13.6 Å². The van der Waals surface area contributed by atoms with E-state index in [9.17, 15) is 4.79 Å². The monoisotopic (exact) mass is 222 g/mol. The summed E-state index contributed by atoms with van der Waals surface area (Å²) in [5.74, 6) is 0.183. The van der Waals surface area contributed by atoms with Gasteiger partial charge in [-0.2, -0.15) is 0 Å². The Balaban J connectivity index is 2.22. The number of furan rings is 1. The third kappa shape index (κ3) is 1.95. The zero-order valence-electron chi connectivity index (χ0n) is 8.89. The average Bonchev–Trinajstić information content (AvgIpc) is 2.85. The quantitative estimate of drug-likeness (QED) is 0.737. The summed E-state index contributed by atoms with van der Waals surface area (Å²) >= 11 is 0. The van der Waals surface area contributed by atoms with Gasteiger partial charge in [-0.05, 0) is 19.9 Å². The van der Waals surface area contributed by atoms with Crippen LogP contribution in [0.4, 0.5) is 0 Å². The number of carbonyl (C=O) groups excluding carboxylic acids is 1. The van der Waals surface area contributed by atoms with Crippen molar-refractivity contribution in [3.05, 3.63) is 24.0 Å². The van der Waals surface area contributed by atoms with E-state index in [1.165, 1.54) is 6.26 Å². The molecular weight excluding hydrogens is 212 g/mol. The highest BCUT2D eigenvalue weighted by molar-refractivity contribution is 5.84. The summed E-state index contributed by atoms with van der Waals surface area (Å²) in [5.41, 5.74) is 0.639. The van der Waals surface area contributed by atoms with E-state index < -0.39 is 5.97 Å². The van der Waals surface area contributed by atoms with Crippen molar-refractivity contribution >= 4 is 5.97 Å². The van der Waals surface area contributed by atoms with Gasteiger partial charge < -0.3 is 13.6 Å². The van der Waals surface area contributed by atoms with Crippen LogP contribution in [0.3, 0.4) is 0 Å². The van der Waals surface area contributed by atoms with Crippen LogP contribution < -0.4 is 0 Å². The molecule has 0 saturated carbocycles. The Morgan fingerprint density at radius 3 is 2.94 bits per heavy atom. The molecule has 6 heteroatoms. The minimum Gasteiger partial charge on any atom is -0.469 e. The fraction of sp³-hybridized carbons (Fsp3) is 0.300. The maximum absolute atomic E-state index is 11.3. The normalized spacial score (nSPS) is 10.4. The number of nitrogens with zero attached hydrogens (tertiary/aromatic N) is 2. The number of esters is 1. The molecule has 0 aliphatic carbocycles. The molecule has 0 aromatic carbocycles. The van der Waals surface area contributed by atoms with Crippen molar-refractivity contribution in [2.24, 2.45) is 0 Å². The van der Waals surface area contributed by atoms with E-state index in [1.807, 2.05) is 0 Å². The van der Waals surface area contributed by atoms with Crippen molar-refractivity contribution in [1.29, 1.82) is 0 Å². The molecule has 0 bridgehead atoms. The number of rotatable bonds is 3. The average molecular weight is 222 g/mol. The molecule has 16 heavy (non-hydrogen) atoms. The highest BCUT2D eigenvalue weighted by atomic mass is 16.5. The van der Waals surface area contributed by atoms with Gasteiger partial charge in [-0.15, -0.1) is 10.2 Å². The van der Waals surface area contributed by atoms with Crippen LogP contribution in [0.15, 0.2) is 21.2 Å². The summed E-state index contributed by atoms with van der Waals surface area (Å²) in [6.07, 6.45) is 1.48. The molecule has 0 N–H and O–H groups in total. The van der Waals surface area contributed by atoms with Crippen LogP contribution in [0.1, 0.15) is 23.4 Å². The van der Waals surface area contributed by atoms with Crippen LogP contribution in [0.2, 0.25) is 0 Å². The number of carbonyl (C=O) groups is 1. The molecule has 0 unspecified atom stereocenters. The molecule has 0 radical (unpaired) electrons. The molecule has 0 aliphatic heterocycles. The first-order valence-corrected chi connectivity index (χ1v) is 4.77. The van der Waals surface area contributed by atoms with Gasteiger partial charge in [0.25, 0.3) is 5.89 Å². The summed E-state index contributed by atoms with van der Waals surface area (Å²) < 4.78 is 15.0. The lowest BCUT2D eigenvalue weighted by atomic mass is 10.3. The summed E-state index contributed by atoms with van der Waals surface area (Å²) in [4.78, 5) is 11.3. The number of aryl methyl sites for hydroxylation is 1. The van der Waals surface area contributed by atoms with Gasteiger partial charge in [-0.25, -0.2) is 4.79 Å². The lowest BCUT2D eigenvalue weighted by Gasteiger charge is -1.93. The van der Waals surface area contributed by atoms with Gasteiger partial charge in [-0.1, -0.05) is 0 Å². The number of hydrogen-bond donors (Lipinski definition) is 0. The molecule has 2 aromatic heterocycles. The predicted molar refractivity (Wildman–Crippen MR) is 52.7 cm³/mol. The summed E-state index contributed by atoms with van der Waals surface area (Å²) in [6.45, 7) is 3.77. The second-order valence-electron chi connectivity index (χ2n) is 3.08. The molecular formula is C10H10N2O4. The van der Waals surface area contributed by atoms with Crippen molar-refractivity contribution in [3.8, 4) is 11.5 Å². The van der Waals surface area contributed by atoms with Crippen LogP contribution in [-0.2, 0) is 4.74 Å². The smallest absolute Gasteiger partial charge is 0.396 e. The predicted octanol–water partition coefficient (Wildman–Crippen LogP) is 1.81. The number of aromatic nitrogens is 2. The first-order valence-electron chi connectivity index (χ1n) is 4.77. The van der Waals surface area contributed by atoms with E-state index in [-0.39, 0.29) is 18.4 Å². The van der Waals surface area contributed by atoms with E-state index >= 15 is 0 Å². The standard InChI is InChI=1S/C10H10N2O4/c1-3-14-10(13)9-12-11-8(16-9)7-4-6(2)15-5-7/h4-5H,3H2,1-2H3. The van der Waals surface area contributed by atoms with Crippen molar-refractivity contribution < 1.29 is 18.4 Å². The topological polar surface area (TPSA) is 78.4 Å². The minimum absolute atomic E-state index is 0.157. The van der Waals surface area contributed by atoms with Crippen LogP contribution in [0.5, 0.6) is 0 Å². The highest BCUT2D eigenvalue weighted by Crippen LogP contribution is 2.20. The fourth-order valence-corrected chi connectivity index (χ4v) is 1.17. The summed E-state index contributed by atoms with van der Waals surface area (Å²) in [6, 6.07) is 1.74. The first-order chi connectivity index (χ1) is 7.70. The molecule has 0 amide bonds. The van der Waals surface area contributed by atoms with Crippen molar-refractivity contribution in [3.63, 3.8) is 0 Å². The molecule has 0 saturated heterocycles. The minimum atomic E-state index is -0.624. The summed E-state index contributed by atoms with van der Waals surface area (Å²) in [7, 11) is 0. The van der Waals surface area contributed by atoms with E-state index in [2.05, 4.69) is 10.2 Å². The van der Waals surface area contributed by atoms with Crippen LogP contribution >= 0.6 is 0 Å². The Morgan fingerprint density at radius 1 is 1.50 bits per heavy atom. The highest BCUT2D eigenvalue weighted by Gasteiger charge is 2.17. The van der Waals surface area contributed by atoms with Crippen LogP contribution in [0, 0.1) is 6.92 Å². The zero-order valence-corrected chi connectivity index (χ0v) is 8.89. The summed E-state index contributed by atoms with van der Waals surface area (Å²) in [5, 5.41) is 7.31.